The van der Waals surface area contributed by atoms with Gasteiger partial charge in [0.25, 0.3) is 0 Å². The number of carbonyl (C=O) groups excluding carboxylic acids is 3. The lowest BCUT2D eigenvalue weighted by atomic mass is 9.99. The van der Waals surface area contributed by atoms with Crippen LogP contribution in [0.15, 0.2) is 0 Å². The summed E-state index contributed by atoms with van der Waals surface area (Å²) in [6.45, 7) is 4.88. The minimum absolute atomic E-state index is 0.657. The molecule has 10 nitrogen and oxygen atoms in total. The summed E-state index contributed by atoms with van der Waals surface area (Å²) in [6.07, 6.45) is -5.88. The molecule has 1 unspecified atom stereocenters. The van der Waals surface area contributed by atoms with Gasteiger partial charge in [-0.3, -0.25) is 18.9 Å². The molecule has 1 fully saturated rings. The summed E-state index contributed by atoms with van der Waals surface area (Å²) in [7, 11) is -2.83. The molecule has 0 spiro atoms. The van der Waals surface area contributed by atoms with Crippen LogP contribution >= 0.6 is 8.60 Å². The average molecular weight is 354 g/mol. The Morgan fingerprint density at radius 2 is 1.30 bits per heavy atom. The Hall–Kier alpha value is -1.32. The molecule has 0 saturated carbocycles. The molecule has 1 saturated heterocycles. The van der Waals surface area contributed by atoms with Crippen molar-refractivity contribution in [2.75, 3.05) is 0 Å². The third-order valence-electron chi connectivity index (χ3n) is 2.83. The van der Waals surface area contributed by atoms with Crippen LogP contribution in [-0.2, 0) is 37.9 Å². The summed E-state index contributed by atoms with van der Waals surface area (Å²) in [5.74, 6) is -2.12. The fourth-order valence-electron chi connectivity index (χ4n) is 2.15. The van der Waals surface area contributed by atoms with Gasteiger partial charge in [-0.05, 0) is 6.92 Å². The molecule has 23 heavy (non-hydrogen) atoms. The molecule has 11 heteroatoms. The third-order valence-corrected chi connectivity index (χ3v) is 3.23. The molecule has 132 valence electrons. The van der Waals surface area contributed by atoms with Crippen LogP contribution in [0.2, 0.25) is 0 Å². The lowest BCUT2D eigenvalue weighted by Crippen LogP contribution is -2.60. The lowest BCUT2D eigenvalue weighted by molar-refractivity contribution is -0.281. The molecule has 1 aliphatic heterocycles. The average Bonchev–Trinajstić information content (AvgIpc) is 2.36. The lowest BCUT2D eigenvalue weighted by Gasteiger charge is -2.43. The standard InChI is InChI=1S/C12H19O10P/c1-5-9(19-6(2)13)10(20-7(3)14)11(21-8(4)15)12(18-5)22-23(16)17/h5,9-12,16-17H,1-4H3/t5-,9+,10+,11-,12?/m0/s1. The maximum Gasteiger partial charge on any atom is 0.329 e. The Morgan fingerprint density at radius 3 is 1.74 bits per heavy atom. The highest BCUT2D eigenvalue weighted by atomic mass is 31.2. The second-order valence-electron chi connectivity index (χ2n) is 4.79. The molecule has 0 radical (unpaired) electrons. The fraction of sp³-hybridized carbons (Fsp3) is 0.750. The van der Waals surface area contributed by atoms with Gasteiger partial charge >= 0.3 is 26.5 Å². The van der Waals surface area contributed by atoms with E-state index in [1.807, 2.05) is 0 Å². The molecule has 0 amide bonds. The highest BCUT2D eigenvalue weighted by Gasteiger charge is 2.51. The van der Waals surface area contributed by atoms with Crippen LogP contribution in [0, 0.1) is 0 Å². The predicted molar refractivity (Wildman–Crippen MR) is 73.4 cm³/mol. The number of esters is 3. The number of hydrogen-bond donors (Lipinski definition) is 2. The van der Waals surface area contributed by atoms with Crippen LogP contribution < -0.4 is 0 Å². The zero-order chi connectivity index (χ0) is 17.7. The van der Waals surface area contributed by atoms with E-state index in [1.165, 1.54) is 6.92 Å². The zero-order valence-corrected chi connectivity index (χ0v) is 13.9. The summed E-state index contributed by atoms with van der Waals surface area (Å²) in [4.78, 5) is 51.9. The monoisotopic (exact) mass is 354 g/mol. The maximum atomic E-state index is 11.3. The van der Waals surface area contributed by atoms with Crippen molar-refractivity contribution in [2.45, 2.75) is 58.4 Å². The van der Waals surface area contributed by atoms with E-state index in [-0.39, 0.29) is 0 Å². The topological polar surface area (TPSA) is 138 Å². The number of rotatable bonds is 5. The molecule has 0 bridgehead atoms. The van der Waals surface area contributed by atoms with Crippen LogP contribution in [0.5, 0.6) is 0 Å². The van der Waals surface area contributed by atoms with Gasteiger partial charge < -0.3 is 28.7 Å². The Kier molecular flexibility index (Phi) is 7.30. The molecule has 0 aromatic carbocycles. The predicted octanol–water partition coefficient (Wildman–Crippen LogP) is -0.246. The second-order valence-corrected chi connectivity index (χ2v) is 5.51. The van der Waals surface area contributed by atoms with Crippen molar-refractivity contribution in [1.29, 1.82) is 0 Å². The van der Waals surface area contributed by atoms with E-state index in [2.05, 4.69) is 0 Å². The Morgan fingerprint density at radius 1 is 0.870 bits per heavy atom. The summed E-state index contributed by atoms with van der Waals surface area (Å²) in [5.41, 5.74) is 0. The van der Waals surface area contributed by atoms with E-state index in [9.17, 15) is 14.4 Å². The van der Waals surface area contributed by atoms with Crippen LogP contribution in [0.4, 0.5) is 0 Å². The van der Waals surface area contributed by atoms with Crippen molar-refractivity contribution in [3.63, 3.8) is 0 Å². The van der Waals surface area contributed by atoms with Crippen LogP contribution in [0.3, 0.4) is 0 Å². The van der Waals surface area contributed by atoms with Crippen molar-refractivity contribution >= 4 is 26.5 Å². The Labute approximate surface area is 133 Å². The smallest absolute Gasteiger partial charge is 0.329 e. The van der Waals surface area contributed by atoms with Gasteiger partial charge in [-0.2, -0.15) is 0 Å². The third kappa shape index (κ3) is 6.00. The summed E-state index contributed by atoms with van der Waals surface area (Å²) in [6, 6.07) is 0. The van der Waals surface area contributed by atoms with E-state index in [0.717, 1.165) is 20.8 Å². The molecule has 0 aliphatic carbocycles. The summed E-state index contributed by atoms with van der Waals surface area (Å²) in [5, 5.41) is 0. The minimum atomic E-state index is -2.83. The van der Waals surface area contributed by atoms with Crippen molar-refractivity contribution in [1.82, 2.24) is 0 Å². The first-order valence-corrected chi connectivity index (χ1v) is 7.80. The summed E-state index contributed by atoms with van der Waals surface area (Å²) >= 11 is 0. The Bertz CT molecular complexity index is 453. The van der Waals surface area contributed by atoms with Gasteiger partial charge in [-0.25, -0.2) is 0 Å². The van der Waals surface area contributed by atoms with Crippen molar-refractivity contribution in [3.05, 3.63) is 0 Å². The maximum absolute atomic E-state index is 11.3. The van der Waals surface area contributed by atoms with E-state index < -0.39 is 57.2 Å². The van der Waals surface area contributed by atoms with Gasteiger partial charge in [-0.1, -0.05) is 0 Å². The quantitative estimate of drug-likeness (QED) is 0.386. The van der Waals surface area contributed by atoms with Gasteiger partial charge in [0, 0.05) is 20.8 Å². The van der Waals surface area contributed by atoms with Crippen molar-refractivity contribution in [3.8, 4) is 0 Å². The minimum Gasteiger partial charge on any atom is -0.456 e. The molecule has 1 aliphatic rings. The first-order chi connectivity index (χ1) is 10.6. The van der Waals surface area contributed by atoms with Crippen molar-refractivity contribution < 1.29 is 47.6 Å². The van der Waals surface area contributed by atoms with Gasteiger partial charge in [0.2, 0.25) is 6.29 Å². The molecule has 1 rings (SSSR count). The molecule has 5 atom stereocenters. The van der Waals surface area contributed by atoms with Gasteiger partial charge in [0.05, 0.1) is 6.10 Å². The highest BCUT2D eigenvalue weighted by Crippen LogP contribution is 2.36. The second kappa shape index (κ2) is 8.51. The first-order valence-electron chi connectivity index (χ1n) is 6.63. The molecule has 2 N–H and O–H groups in total. The largest absolute Gasteiger partial charge is 0.456 e. The first kappa shape index (κ1) is 19.7. The van der Waals surface area contributed by atoms with E-state index in [1.54, 1.807) is 0 Å². The number of hydrogen-bond acceptors (Lipinski definition) is 10. The molecule has 0 aromatic rings. The fourth-order valence-corrected chi connectivity index (χ4v) is 2.50. The molecule has 0 aromatic heterocycles. The van der Waals surface area contributed by atoms with Crippen LogP contribution in [0.25, 0.3) is 0 Å². The number of ether oxygens (including phenoxy) is 4. The highest BCUT2D eigenvalue weighted by molar-refractivity contribution is 7.39. The Balaban J connectivity index is 3.13. The SMILES string of the molecule is CC(=O)O[C@@H]1[C@H](OC(C)=O)[C@H](C)OC(OP(O)O)[C@H]1OC(C)=O. The van der Waals surface area contributed by atoms with Gasteiger partial charge in [0.15, 0.2) is 18.3 Å². The normalized spacial score (nSPS) is 30.7. The van der Waals surface area contributed by atoms with Crippen LogP contribution in [-0.4, -0.2) is 58.4 Å². The van der Waals surface area contributed by atoms with E-state index in [0.29, 0.717) is 0 Å². The number of carbonyl (C=O) groups is 3. The van der Waals surface area contributed by atoms with Crippen molar-refractivity contribution in [2.24, 2.45) is 0 Å². The van der Waals surface area contributed by atoms with E-state index >= 15 is 0 Å². The van der Waals surface area contributed by atoms with Crippen LogP contribution in [0.1, 0.15) is 27.7 Å². The summed E-state index contributed by atoms with van der Waals surface area (Å²) < 4.78 is 25.3. The van der Waals surface area contributed by atoms with E-state index in [4.69, 9.17) is 33.3 Å². The van der Waals surface area contributed by atoms with Gasteiger partial charge in [-0.15, -0.1) is 0 Å². The van der Waals surface area contributed by atoms with Gasteiger partial charge in [0.1, 0.15) is 0 Å². The molecular formula is C12H19O10P. The molecule has 1 heterocycles. The molecular weight excluding hydrogens is 335 g/mol. The zero-order valence-electron chi connectivity index (χ0n) is 13.0.